The van der Waals surface area contributed by atoms with Crippen molar-refractivity contribution in [2.45, 2.75) is 65.1 Å². The van der Waals surface area contributed by atoms with Crippen LogP contribution in [0.5, 0.6) is 0 Å². The van der Waals surface area contributed by atoms with Gasteiger partial charge in [-0.25, -0.2) is 4.79 Å². The molecule has 3 rings (SSSR count). The number of rotatable bonds is 3. The Morgan fingerprint density at radius 3 is 2.68 bits per heavy atom. The topological polar surface area (TPSA) is 76.5 Å². The lowest BCUT2D eigenvalue weighted by atomic mass is 10.0. The van der Waals surface area contributed by atoms with Gasteiger partial charge in [0.1, 0.15) is 5.60 Å². The lowest BCUT2D eigenvalue weighted by molar-refractivity contribution is 0.0219. The van der Waals surface area contributed by atoms with Crippen LogP contribution in [0.2, 0.25) is 0 Å². The summed E-state index contributed by atoms with van der Waals surface area (Å²) in [5.74, 6) is 0.509. The normalized spacial score (nSPS) is 22.4. The number of ether oxygens (including phenoxy) is 1. The largest absolute Gasteiger partial charge is 0.444 e. The van der Waals surface area contributed by atoms with Crippen molar-refractivity contribution in [2.24, 2.45) is 13.0 Å². The first kappa shape index (κ1) is 17.8. The number of fused-ring (bicyclic) bond motifs is 1. The predicted molar refractivity (Wildman–Crippen MR) is 93.2 cm³/mol. The van der Waals surface area contributed by atoms with Gasteiger partial charge >= 0.3 is 6.09 Å². The van der Waals surface area contributed by atoms with Crippen LogP contribution >= 0.6 is 0 Å². The Balaban J connectivity index is 1.71. The molecule has 0 saturated heterocycles. The molecule has 1 aliphatic carbocycles. The highest BCUT2D eigenvalue weighted by Crippen LogP contribution is 2.33. The van der Waals surface area contributed by atoms with Gasteiger partial charge in [0.15, 0.2) is 5.69 Å². The van der Waals surface area contributed by atoms with Crippen molar-refractivity contribution in [3.8, 4) is 0 Å². The number of aromatic nitrogens is 2. The first-order chi connectivity index (χ1) is 11.7. The van der Waals surface area contributed by atoms with Gasteiger partial charge in [0, 0.05) is 25.2 Å². The Hall–Kier alpha value is -2.05. The second-order valence-corrected chi connectivity index (χ2v) is 8.03. The fourth-order valence-corrected chi connectivity index (χ4v) is 3.35. The molecule has 2 atom stereocenters. The van der Waals surface area contributed by atoms with E-state index in [1.165, 1.54) is 0 Å². The molecule has 1 aromatic heterocycles. The second-order valence-electron chi connectivity index (χ2n) is 8.03. The number of hydrogen-bond acceptors (Lipinski definition) is 4. The lowest BCUT2D eigenvalue weighted by Crippen LogP contribution is -2.40. The quantitative estimate of drug-likeness (QED) is 0.909. The molecule has 25 heavy (non-hydrogen) atoms. The molecule has 0 aromatic carbocycles. The molecular formula is C18H28N4O3. The number of nitrogens with zero attached hydrogens (tertiary/aromatic N) is 3. The van der Waals surface area contributed by atoms with Crippen molar-refractivity contribution < 1.29 is 14.3 Å². The van der Waals surface area contributed by atoms with Crippen LogP contribution in [0.3, 0.4) is 0 Å². The number of hydrogen-bond donors (Lipinski definition) is 1. The van der Waals surface area contributed by atoms with Gasteiger partial charge in [-0.1, -0.05) is 13.3 Å². The van der Waals surface area contributed by atoms with E-state index in [0.717, 1.165) is 24.1 Å². The zero-order valence-corrected chi connectivity index (χ0v) is 15.8. The van der Waals surface area contributed by atoms with E-state index in [9.17, 15) is 9.59 Å². The molecule has 138 valence electrons. The van der Waals surface area contributed by atoms with Crippen LogP contribution in [-0.4, -0.2) is 44.9 Å². The highest BCUT2D eigenvalue weighted by Gasteiger charge is 2.38. The van der Waals surface area contributed by atoms with Crippen LogP contribution in [0.25, 0.3) is 0 Å². The fraction of sp³-hybridized carbons (Fsp3) is 0.722. The van der Waals surface area contributed by atoms with Crippen LogP contribution < -0.4 is 5.32 Å². The third-order valence-electron chi connectivity index (χ3n) is 4.88. The second kappa shape index (κ2) is 6.35. The zero-order chi connectivity index (χ0) is 18.4. The van der Waals surface area contributed by atoms with Crippen molar-refractivity contribution in [1.29, 1.82) is 0 Å². The fourth-order valence-electron chi connectivity index (χ4n) is 3.35. The van der Waals surface area contributed by atoms with Crippen LogP contribution in [0.1, 0.15) is 62.3 Å². The minimum atomic E-state index is -0.519. The van der Waals surface area contributed by atoms with Crippen molar-refractivity contribution in [1.82, 2.24) is 20.0 Å². The Morgan fingerprint density at radius 1 is 1.36 bits per heavy atom. The van der Waals surface area contributed by atoms with E-state index >= 15 is 0 Å². The van der Waals surface area contributed by atoms with Crippen LogP contribution in [0.15, 0.2) is 0 Å². The van der Waals surface area contributed by atoms with E-state index in [2.05, 4.69) is 17.3 Å². The number of nitrogens with one attached hydrogen (secondary N) is 1. The molecule has 1 aliphatic heterocycles. The molecular weight excluding hydrogens is 320 g/mol. The molecule has 0 spiro atoms. The Morgan fingerprint density at radius 2 is 2.08 bits per heavy atom. The molecule has 2 aliphatic rings. The van der Waals surface area contributed by atoms with E-state index < -0.39 is 5.60 Å². The van der Waals surface area contributed by atoms with Crippen molar-refractivity contribution in [3.05, 3.63) is 17.0 Å². The van der Waals surface area contributed by atoms with E-state index in [-0.39, 0.29) is 18.0 Å². The number of amides is 2. The minimum absolute atomic E-state index is 0.0940. The van der Waals surface area contributed by atoms with Gasteiger partial charge in [0.25, 0.3) is 5.91 Å². The SMILES string of the molecule is CC[C@@H]1C[C@H]1NC(=O)c1nn(C)c2c1CCN(C(=O)OC(C)(C)C)C2. The maximum Gasteiger partial charge on any atom is 0.410 e. The molecule has 0 bridgehead atoms. The van der Waals surface area contributed by atoms with Crippen LogP contribution in [-0.2, 0) is 24.8 Å². The van der Waals surface area contributed by atoms with Gasteiger partial charge in [-0.3, -0.25) is 9.48 Å². The molecule has 0 radical (unpaired) electrons. The summed E-state index contributed by atoms with van der Waals surface area (Å²) >= 11 is 0. The molecule has 1 N–H and O–H groups in total. The predicted octanol–water partition coefficient (Wildman–Crippen LogP) is 2.24. The minimum Gasteiger partial charge on any atom is -0.444 e. The highest BCUT2D eigenvalue weighted by atomic mass is 16.6. The Kier molecular flexibility index (Phi) is 4.51. The molecule has 0 unspecified atom stereocenters. The molecule has 1 aromatic rings. The maximum atomic E-state index is 12.6. The number of aryl methyl sites for hydroxylation is 1. The summed E-state index contributed by atoms with van der Waals surface area (Å²) in [5, 5.41) is 7.50. The molecule has 1 fully saturated rings. The lowest BCUT2D eigenvalue weighted by Gasteiger charge is -2.30. The van der Waals surface area contributed by atoms with Gasteiger partial charge in [0.2, 0.25) is 0 Å². The van der Waals surface area contributed by atoms with Crippen molar-refractivity contribution >= 4 is 12.0 Å². The third kappa shape index (κ3) is 3.80. The van der Waals surface area contributed by atoms with E-state index in [0.29, 0.717) is 31.1 Å². The van der Waals surface area contributed by atoms with Gasteiger partial charge in [-0.15, -0.1) is 0 Å². The van der Waals surface area contributed by atoms with Gasteiger partial charge < -0.3 is 15.0 Å². The van der Waals surface area contributed by atoms with Gasteiger partial charge in [-0.05, 0) is 39.5 Å². The third-order valence-corrected chi connectivity index (χ3v) is 4.88. The maximum absolute atomic E-state index is 12.6. The summed E-state index contributed by atoms with van der Waals surface area (Å²) in [4.78, 5) is 26.5. The van der Waals surface area contributed by atoms with E-state index in [4.69, 9.17) is 4.74 Å². The van der Waals surface area contributed by atoms with Gasteiger partial charge in [0.05, 0.1) is 12.2 Å². The molecule has 7 heteroatoms. The Bertz CT molecular complexity index is 689. The number of carbonyl (C=O) groups is 2. The average molecular weight is 348 g/mol. The van der Waals surface area contributed by atoms with Crippen LogP contribution in [0, 0.1) is 5.92 Å². The average Bonchev–Trinajstić information content (AvgIpc) is 3.19. The van der Waals surface area contributed by atoms with Crippen molar-refractivity contribution in [2.75, 3.05) is 6.54 Å². The molecule has 7 nitrogen and oxygen atoms in total. The summed E-state index contributed by atoms with van der Waals surface area (Å²) in [6, 6.07) is 0.289. The standard InChI is InChI=1S/C18H28N4O3/c1-6-11-9-13(11)19-16(23)15-12-7-8-22(10-14(12)21(5)20-15)17(24)25-18(2,3)4/h11,13H,6-10H2,1-5H3,(H,19,23)/t11-,13-/m1/s1. The first-order valence-corrected chi connectivity index (χ1v) is 9.03. The summed E-state index contributed by atoms with van der Waals surface area (Å²) in [7, 11) is 1.82. The smallest absolute Gasteiger partial charge is 0.410 e. The summed E-state index contributed by atoms with van der Waals surface area (Å²) in [6.07, 6.45) is 2.45. The summed E-state index contributed by atoms with van der Waals surface area (Å²) in [6.45, 7) is 8.67. The molecule has 2 heterocycles. The molecule has 1 saturated carbocycles. The van der Waals surface area contributed by atoms with Gasteiger partial charge in [-0.2, -0.15) is 5.10 Å². The van der Waals surface area contributed by atoms with Crippen LogP contribution in [0.4, 0.5) is 4.79 Å². The van der Waals surface area contributed by atoms with E-state index in [1.807, 2.05) is 27.8 Å². The molecule has 2 amide bonds. The first-order valence-electron chi connectivity index (χ1n) is 9.03. The summed E-state index contributed by atoms with van der Waals surface area (Å²) in [5.41, 5.74) is 1.84. The highest BCUT2D eigenvalue weighted by molar-refractivity contribution is 5.94. The monoisotopic (exact) mass is 348 g/mol. The summed E-state index contributed by atoms with van der Waals surface area (Å²) < 4.78 is 7.16. The zero-order valence-electron chi connectivity index (χ0n) is 15.8. The number of carbonyl (C=O) groups excluding carboxylic acids is 2. The van der Waals surface area contributed by atoms with Crippen molar-refractivity contribution in [3.63, 3.8) is 0 Å². The van der Waals surface area contributed by atoms with E-state index in [1.54, 1.807) is 9.58 Å². The Labute approximate surface area is 148 Å².